The van der Waals surface area contributed by atoms with Gasteiger partial charge in [0.05, 0.1) is 18.3 Å². The summed E-state index contributed by atoms with van der Waals surface area (Å²) in [6.45, 7) is -0.154. The Hall–Kier alpha value is -2.16. The summed E-state index contributed by atoms with van der Waals surface area (Å²) in [5, 5.41) is 2.87. The lowest BCUT2D eigenvalue weighted by molar-refractivity contribution is -0.106. The van der Waals surface area contributed by atoms with E-state index in [1.165, 1.54) is 25.5 Å². The van der Waals surface area contributed by atoms with Gasteiger partial charge in [-0.05, 0) is 43.4 Å². The Kier molecular flexibility index (Phi) is 6.45. The first-order chi connectivity index (χ1) is 13.7. The van der Waals surface area contributed by atoms with Crippen LogP contribution in [-0.2, 0) is 10.0 Å². The number of hydrogen-bond acceptors (Lipinski definition) is 4. The standard InChI is InChI=1S/C20H25F3N2O3S/c1-24-19-13-25(29(26,27)14-20(21,22)23)12-11-18(19)15-7-9-17(10-8-15)28-16-5-3-2-4-6-16/h7-11,13,16,24H,2-6,12,14H2,1H3. The molecule has 0 saturated heterocycles. The maximum Gasteiger partial charge on any atom is 0.404 e. The van der Waals surface area contributed by atoms with Crippen LogP contribution in [0.2, 0.25) is 0 Å². The van der Waals surface area contributed by atoms with Gasteiger partial charge in [-0.1, -0.05) is 24.6 Å². The number of alkyl halides is 3. The summed E-state index contributed by atoms with van der Waals surface area (Å²) in [5.41, 5.74) is 1.99. The van der Waals surface area contributed by atoms with Gasteiger partial charge in [-0.15, -0.1) is 0 Å². The molecule has 0 unspecified atom stereocenters. The van der Waals surface area contributed by atoms with Crippen LogP contribution in [-0.4, -0.2) is 44.3 Å². The average Bonchev–Trinajstić information content (AvgIpc) is 2.67. The molecule has 1 aromatic carbocycles. The second-order valence-electron chi connectivity index (χ2n) is 7.25. The number of ether oxygens (including phenoxy) is 1. The van der Waals surface area contributed by atoms with Crippen molar-refractivity contribution in [2.45, 2.75) is 44.4 Å². The number of nitrogens with one attached hydrogen (secondary N) is 1. The largest absolute Gasteiger partial charge is 0.490 e. The number of allylic oxidation sites excluding steroid dienone is 1. The van der Waals surface area contributed by atoms with Crippen molar-refractivity contribution >= 4 is 15.6 Å². The van der Waals surface area contributed by atoms with E-state index < -0.39 is 22.0 Å². The number of halogens is 3. The first kappa shape index (κ1) is 21.5. The molecule has 0 radical (unpaired) electrons. The van der Waals surface area contributed by atoms with Crippen molar-refractivity contribution in [3.8, 4) is 5.75 Å². The highest BCUT2D eigenvalue weighted by atomic mass is 32.2. The summed E-state index contributed by atoms with van der Waals surface area (Å²) in [5.74, 6) is -1.11. The Morgan fingerprint density at radius 2 is 1.79 bits per heavy atom. The minimum absolute atomic E-state index is 0.154. The summed E-state index contributed by atoms with van der Waals surface area (Å²) in [7, 11) is -2.89. The molecule has 1 aromatic rings. The van der Waals surface area contributed by atoms with Gasteiger partial charge < -0.3 is 10.1 Å². The van der Waals surface area contributed by atoms with Gasteiger partial charge in [-0.2, -0.15) is 13.2 Å². The fourth-order valence-corrected chi connectivity index (χ4v) is 4.75. The molecule has 1 aliphatic heterocycles. The molecule has 160 valence electrons. The Morgan fingerprint density at radius 3 is 2.38 bits per heavy atom. The number of likely N-dealkylation sites (N-methyl/N-ethyl adjacent to an activating group) is 1. The van der Waals surface area contributed by atoms with Gasteiger partial charge in [0.1, 0.15) is 5.75 Å². The van der Waals surface area contributed by atoms with E-state index in [0.29, 0.717) is 5.70 Å². The maximum atomic E-state index is 12.6. The third kappa shape index (κ3) is 5.68. The molecule has 1 aliphatic carbocycles. The third-order valence-corrected chi connectivity index (χ3v) is 6.69. The van der Waals surface area contributed by atoms with E-state index in [0.717, 1.165) is 34.0 Å². The van der Waals surface area contributed by atoms with Crippen LogP contribution in [0, 0.1) is 0 Å². The van der Waals surface area contributed by atoms with Gasteiger partial charge in [0.2, 0.25) is 10.0 Å². The third-order valence-electron chi connectivity index (χ3n) is 5.03. The van der Waals surface area contributed by atoms with Gasteiger partial charge >= 0.3 is 6.18 Å². The summed E-state index contributed by atoms with van der Waals surface area (Å²) in [6.07, 6.45) is 4.00. The van der Waals surface area contributed by atoms with Crippen molar-refractivity contribution in [2.75, 3.05) is 19.3 Å². The number of nitrogens with zero attached hydrogens (tertiary/aromatic N) is 1. The number of benzene rings is 1. The Labute approximate surface area is 169 Å². The molecule has 0 aromatic heterocycles. The van der Waals surface area contributed by atoms with Crippen molar-refractivity contribution in [1.82, 2.24) is 9.62 Å². The van der Waals surface area contributed by atoms with Crippen LogP contribution >= 0.6 is 0 Å². The molecular formula is C20H25F3N2O3S. The average molecular weight is 430 g/mol. The molecule has 0 amide bonds. The first-order valence-corrected chi connectivity index (χ1v) is 11.2. The van der Waals surface area contributed by atoms with E-state index in [1.54, 1.807) is 13.1 Å². The van der Waals surface area contributed by atoms with E-state index in [9.17, 15) is 21.6 Å². The quantitative estimate of drug-likeness (QED) is 0.740. The molecule has 5 nitrogen and oxygen atoms in total. The maximum absolute atomic E-state index is 12.6. The van der Waals surface area contributed by atoms with Crippen LogP contribution in [0.4, 0.5) is 13.2 Å². The van der Waals surface area contributed by atoms with Gasteiger partial charge in [0.15, 0.2) is 5.75 Å². The molecule has 0 spiro atoms. The van der Waals surface area contributed by atoms with E-state index in [-0.39, 0.29) is 12.6 Å². The minimum Gasteiger partial charge on any atom is -0.490 e. The van der Waals surface area contributed by atoms with Crippen molar-refractivity contribution in [2.24, 2.45) is 0 Å². The molecule has 1 fully saturated rings. The number of rotatable bonds is 6. The molecule has 9 heteroatoms. The van der Waals surface area contributed by atoms with Crippen molar-refractivity contribution in [1.29, 1.82) is 0 Å². The highest BCUT2D eigenvalue weighted by Gasteiger charge is 2.38. The number of hydrogen-bond donors (Lipinski definition) is 1. The van der Waals surface area contributed by atoms with E-state index in [2.05, 4.69) is 5.32 Å². The molecule has 29 heavy (non-hydrogen) atoms. The molecule has 2 aliphatic rings. The fourth-order valence-electron chi connectivity index (χ4n) is 3.60. The van der Waals surface area contributed by atoms with Crippen LogP contribution in [0.1, 0.15) is 37.7 Å². The van der Waals surface area contributed by atoms with E-state index in [1.807, 2.05) is 24.3 Å². The zero-order valence-corrected chi connectivity index (χ0v) is 17.0. The SMILES string of the molecule is CNC1=CN(S(=O)(=O)CC(F)(F)F)CC=C1c1ccc(OC2CCCCC2)cc1. The zero-order chi connectivity index (χ0) is 21.1. The summed E-state index contributed by atoms with van der Waals surface area (Å²) in [6, 6.07) is 7.47. The van der Waals surface area contributed by atoms with Crippen molar-refractivity contribution in [3.63, 3.8) is 0 Å². The first-order valence-electron chi connectivity index (χ1n) is 9.61. The van der Waals surface area contributed by atoms with E-state index >= 15 is 0 Å². The van der Waals surface area contributed by atoms with Crippen LogP contribution in [0.25, 0.3) is 5.57 Å². The normalized spacial score (nSPS) is 18.8. The smallest absolute Gasteiger partial charge is 0.404 e. The second-order valence-corrected chi connectivity index (χ2v) is 9.18. The summed E-state index contributed by atoms with van der Waals surface area (Å²) < 4.78 is 68.5. The molecular weight excluding hydrogens is 405 g/mol. The van der Waals surface area contributed by atoms with Gasteiger partial charge in [0, 0.05) is 18.8 Å². The van der Waals surface area contributed by atoms with Crippen LogP contribution in [0.3, 0.4) is 0 Å². The zero-order valence-electron chi connectivity index (χ0n) is 16.2. The second kappa shape index (κ2) is 8.69. The predicted octanol–water partition coefficient (Wildman–Crippen LogP) is 4.05. The molecule has 3 rings (SSSR count). The number of sulfonamides is 1. The Balaban J connectivity index is 1.72. The molecule has 0 atom stereocenters. The topological polar surface area (TPSA) is 58.6 Å². The molecule has 0 bridgehead atoms. The molecule has 1 N–H and O–H groups in total. The van der Waals surface area contributed by atoms with Gasteiger partial charge in [-0.25, -0.2) is 8.42 Å². The van der Waals surface area contributed by atoms with Crippen LogP contribution in [0.15, 0.2) is 42.2 Å². The Morgan fingerprint density at radius 1 is 1.14 bits per heavy atom. The Bertz CT molecular complexity index is 871. The highest BCUT2D eigenvalue weighted by Crippen LogP contribution is 2.30. The van der Waals surface area contributed by atoms with Gasteiger partial charge in [0.25, 0.3) is 0 Å². The van der Waals surface area contributed by atoms with Crippen molar-refractivity contribution < 1.29 is 26.3 Å². The fraction of sp³-hybridized carbons (Fsp3) is 0.500. The molecule has 1 heterocycles. The summed E-state index contributed by atoms with van der Waals surface area (Å²) >= 11 is 0. The lowest BCUT2D eigenvalue weighted by Gasteiger charge is -2.27. The monoisotopic (exact) mass is 430 g/mol. The van der Waals surface area contributed by atoms with Crippen LogP contribution in [0.5, 0.6) is 5.75 Å². The minimum atomic E-state index is -4.79. The lowest BCUT2D eigenvalue weighted by atomic mass is 9.97. The lowest BCUT2D eigenvalue weighted by Crippen LogP contribution is -2.37. The predicted molar refractivity (Wildman–Crippen MR) is 106 cm³/mol. The highest BCUT2D eigenvalue weighted by molar-refractivity contribution is 7.89. The molecule has 1 saturated carbocycles. The van der Waals surface area contributed by atoms with Gasteiger partial charge in [-0.3, -0.25) is 4.31 Å². The van der Waals surface area contributed by atoms with Crippen LogP contribution < -0.4 is 10.1 Å². The van der Waals surface area contributed by atoms with Crippen molar-refractivity contribution in [3.05, 3.63) is 47.8 Å². The van der Waals surface area contributed by atoms with E-state index in [4.69, 9.17) is 4.74 Å². The summed E-state index contributed by atoms with van der Waals surface area (Å²) in [4.78, 5) is 0.